The van der Waals surface area contributed by atoms with Crippen LogP contribution in [0.5, 0.6) is 11.5 Å². The van der Waals surface area contributed by atoms with E-state index in [0.717, 1.165) is 43.8 Å². The van der Waals surface area contributed by atoms with Gasteiger partial charge in [0.25, 0.3) is 5.91 Å². The van der Waals surface area contributed by atoms with Gasteiger partial charge in [0, 0.05) is 34.8 Å². The Kier molecular flexibility index (Phi) is 6.20. The summed E-state index contributed by atoms with van der Waals surface area (Å²) < 4.78 is 13.0. The zero-order valence-corrected chi connectivity index (χ0v) is 21.6. The van der Waals surface area contributed by atoms with Gasteiger partial charge in [-0.15, -0.1) is 11.3 Å². The Morgan fingerprint density at radius 2 is 1.81 bits per heavy atom. The van der Waals surface area contributed by atoms with Crippen molar-refractivity contribution in [2.75, 3.05) is 19.5 Å². The molecule has 0 radical (unpaired) electrons. The molecule has 0 fully saturated rings. The number of ether oxygens (including phenoxy) is 2. The van der Waals surface area contributed by atoms with Gasteiger partial charge in [-0.3, -0.25) is 4.79 Å². The maximum absolute atomic E-state index is 13.4. The molecule has 0 bridgehead atoms. The van der Waals surface area contributed by atoms with Gasteiger partial charge >= 0.3 is 0 Å². The first kappa shape index (κ1) is 23.6. The first-order chi connectivity index (χ1) is 17.4. The second-order valence-electron chi connectivity index (χ2n) is 8.41. The maximum Gasteiger partial charge on any atom is 0.259 e. The van der Waals surface area contributed by atoms with Crippen LogP contribution in [-0.2, 0) is 0 Å². The number of amides is 1. The Balaban J connectivity index is 1.49. The highest BCUT2D eigenvalue weighted by Gasteiger charge is 2.19. The van der Waals surface area contributed by atoms with Gasteiger partial charge in [0.15, 0.2) is 5.65 Å². The summed E-state index contributed by atoms with van der Waals surface area (Å²) in [5, 5.41) is 4.00. The minimum absolute atomic E-state index is 0.248. The first-order valence-electron chi connectivity index (χ1n) is 11.5. The van der Waals surface area contributed by atoms with Gasteiger partial charge in [-0.05, 0) is 57.2 Å². The molecule has 0 aliphatic heterocycles. The first-order valence-corrected chi connectivity index (χ1v) is 12.3. The smallest absolute Gasteiger partial charge is 0.259 e. The molecule has 8 heteroatoms. The molecule has 3 heterocycles. The van der Waals surface area contributed by atoms with Gasteiger partial charge < -0.3 is 19.2 Å². The van der Waals surface area contributed by atoms with E-state index in [2.05, 4.69) is 10.3 Å². The Morgan fingerprint density at radius 3 is 2.53 bits per heavy atom. The van der Waals surface area contributed by atoms with E-state index in [1.54, 1.807) is 31.6 Å². The van der Waals surface area contributed by atoms with Crippen molar-refractivity contribution in [3.8, 4) is 33.2 Å². The zero-order valence-electron chi connectivity index (χ0n) is 20.7. The molecule has 182 valence electrons. The van der Waals surface area contributed by atoms with Crippen LogP contribution >= 0.6 is 11.3 Å². The normalized spacial score (nSPS) is 11.0. The van der Waals surface area contributed by atoms with Gasteiger partial charge in [-0.2, -0.15) is 0 Å². The average molecular weight is 499 g/mol. The van der Waals surface area contributed by atoms with E-state index in [4.69, 9.17) is 14.5 Å². The molecule has 1 amide bonds. The van der Waals surface area contributed by atoms with Crippen LogP contribution in [-0.4, -0.2) is 34.5 Å². The lowest BCUT2D eigenvalue weighted by Gasteiger charge is -2.11. The summed E-state index contributed by atoms with van der Waals surface area (Å²) in [5.41, 5.74) is 6.28. The summed E-state index contributed by atoms with van der Waals surface area (Å²) in [6, 6.07) is 17.0. The number of aromatic nitrogens is 3. The average Bonchev–Trinajstić information content (AvgIpc) is 3.41. The Hall–Kier alpha value is -4.17. The molecule has 5 aromatic rings. The van der Waals surface area contributed by atoms with Gasteiger partial charge in [0.1, 0.15) is 11.5 Å². The predicted octanol–water partition coefficient (Wildman–Crippen LogP) is 6.32. The van der Waals surface area contributed by atoms with E-state index in [1.165, 1.54) is 0 Å². The van der Waals surface area contributed by atoms with Crippen LogP contribution in [0.1, 0.15) is 26.8 Å². The number of imidazole rings is 1. The van der Waals surface area contributed by atoms with Crippen LogP contribution in [0.2, 0.25) is 0 Å². The summed E-state index contributed by atoms with van der Waals surface area (Å²) in [4.78, 5) is 23.8. The molecule has 0 aliphatic rings. The molecule has 0 saturated heterocycles. The highest BCUT2D eigenvalue weighted by atomic mass is 32.1. The molecule has 1 N–H and O–H groups in total. The van der Waals surface area contributed by atoms with Crippen LogP contribution in [0.3, 0.4) is 0 Å². The largest absolute Gasteiger partial charge is 0.497 e. The third-order valence-corrected chi connectivity index (χ3v) is 7.19. The predicted molar refractivity (Wildman–Crippen MR) is 143 cm³/mol. The molecule has 36 heavy (non-hydrogen) atoms. The second-order valence-corrected chi connectivity index (χ2v) is 9.61. The number of thiazole rings is 1. The minimum atomic E-state index is -0.248. The molecular weight excluding hydrogens is 472 g/mol. The van der Waals surface area contributed by atoms with E-state index >= 15 is 0 Å². The number of fused-ring (bicyclic) bond motifs is 1. The van der Waals surface area contributed by atoms with E-state index < -0.39 is 0 Å². The topological polar surface area (TPSA) is 77.8 Å². The van der Waals surface area contributed by atoms with Crippen LogP contribution in [0, 0.1) is 20.8 Å². The number of nitrogens with one attached hydrogen (secondary N) is 1. The van der Waals surface area contributed by atoms with E-state index in [9.17, 15) is 4.79 Å². The summed E-state index contributed by atoms with van der Waals surface area (Å²) in [6.07, 6.45) is 1.91. The number of benzene rings is 2. The third-order valence-electron chi connectivity index (χ3n) is 6.08. The molecule has 7 nitrogen and oxygen atoms in total. The Morgan fingerprint density at radius 1 is 0.972 bits per heavy atom. The zero-order chi connectivity index (χ0) is 25.4. The van der Waals surface area contributed by atoms with Crippen molar-refractivity contribution in [1.82, 2.24) is 14.4 Å². The van der Waals surface area contributed by atoms with Crippen LogP contribution < -0.4 is 14.8 Å². The van der Waals surface area contributed by atoms with Crippen molar-refractivity contribution in [2.45, 2.75) is 20.8 Å². The number of hydrogen-bond donors (Lipinski definition) is 1. The molecule has 0 spiro atoms. The quantitative estimate of drug-likeness (QED) is 0.296. The van der Waals surface area contributed by atoms with E-state index in [0.29, 0.717) is 22.6 Å². The number of aryl methyl sites for hydroxylation is 3. The van der Waals surface area contributed by atoms with Crippen molar-refractivity contribution >= 4 is 28.6 Å². The van der Waals surface area contributed by atoms with Crippen molar-refractivity contribution < 1.29 is 14.3 Å². The number of nitrogens with zero attached hydrogens (tertiary/aromatic N) is 3. The van der Waals surface area contributed by atoms with E-state index in [-0.39, 0.29) is 5.91 Å². The second kappa shape index (κ2) is 9.47. The molecule has 5 rings (SSSR count). The molecule has 0 atom stereocenters. The number of carbonyl (C=O) groups is 1. The highest BCUT2D eigenvalue weighted by Crippen LogP contribution is 2.38. The third kappa shape index (κ3) is 4.20. The lowest BCUT2D eigenvalue weighted by atomic mass is 10.1. The SMILES string of the molecule is COc1cccc(-c2nc3c(C(=O)Nc4ccc(-c5sc(C)nc5C)c(OC)c4)cccn3c2C)c1. The Bertz CT molecular complexity index is 1600. The monoisotopic (exact) mass is 498 g/mol. The number of anilines is 1. The summed E-state index contributed by atoms with van der Waals surface area (Å²) in [7, 11) is 3.26. The van der Waals surface area contributed by atoms with Gasteiger partial charge in [0.05, 0.1) is 41.1 Å². The number of methoxy groups -OCH3 is 2. The number of rotatable bonds is 6. The maximum atomic E-state index is 13.4. The summed E-state index contributed by atoms with van der Waals surface area (Å²) in [5.74, 6) is 1.18. The Labute approximate surface area is 213 Å². The van der Waals surface area contributed by atoms with Crippen LogP contribution in [0.25, 0.3) is 27.3 Å². The molecule has 0 unspecified atom stereocenters. The van der Waals surface area contributed by atoms with Crippen LogP contribution in [0.4, 0.5) is 5.69 Å². The van der Waals surface area contributed by atoms with Crippen molar-refractivity contribution in [1.29, 1.82) is 0 Å². The summed E-state index contributed by atoms with van der Waals surface area (Å²) in [6.45, 7) is 5.96. The molecule has 3 aromatic heterocycles. The highest BCUT2D eigenvalue weighted by molar-refractivity contribution is 7.15. The minimum Gasteiger partial charge on any atom is -0.497 e. The van der Waals surface area contributed by atoms with Crippen molar-refractivity contribution in [3.05, 3.63) is 82.8 Å². The van der Waals surface area contributed by atoms with Gasteiger partial charge in [-0.25, -0.2) is 9.97 Å². The number of carbonyl (C=O) groups excluding carboxylic acids is 1. The van der Waals surface area contributed by atoms with E-state index in [1.807, 2.05) is 79.9 Å². The van der Waals surface area contributed by atoms with Crippen LogP contribution in [0.15, 0.2) is 60.8 Å². The molecule has 0 saturated carbocycles. The fraction of sp³-hybridized carbons (Fsp3) is 0.179. The fourth-order valence-corrected chi connectivity index (χ4v) is 5.29. The number of hydrogen-bond acceptors (Lipinski definition) is 6. The molecular formula is C28H26N4O3S. The standard InChI is InChI=1S/C28H26N4O3S/c1-16-26(36-18(3)29-16)22-12-11-20(15-24(22)35-5)30-28(33)23-10-7-13-32-17(2)25(31-27(23)32)19-8-6-9-21(14-19)34-4/h6-15H,1-5H3,(H,30,33). The lowest BCUT2D eigenvalue weighted by Crippen LogP contribution is -2.13. The fourth-order valence-electron chi connectivity index (χ4n) is 4.34. The lowest BCUT2D eigenvalue weighted by molar-refractivity contribution is 0.102. The summed E-state index contributed by atoms with van der Waals surface area (Å²) >= 11 is 1.62. The van der Waals surface area contributed by atoms with Crippen molar-refractivity contribution in [2.24, 2.45) is 0 Å². The number of pyridine rings is 1. The van der Waals surface area contributed by atoms with Crippen molar-refractivity contribution in [3.63, 3.8) is 0 Å². The molecule has 2 aromatic carbocycles. The molecule has 0 aliphatic carbocycles. The van der Waals surface area contributed by atoms with Gasteiger partial charge in [-0.1, -0.05) is 12.1 Å². The van der Waals surface area contributed by atoms with Gasteiger partial charge in [0.2, 0.25) is 0 Å².